The van der Waals surface area contributed by atoms with E-state index in [4.69, 9.17) is 4.74 Å². The van der Waals surface area contributed by atoms with Crippen molar-refractivity contribution in [2.75, 3.05) is 6.61 Å². The van der Waals surface area contributed by atoms with E-state index >= 15 is 0 Å². The van der Waals surface area contributed by atoms with Gasteiger partial charge in [-0.3, -0.25) is 4.79 Å². The minimum atomic E-state index is -0.562. The van der Waals surface area contributed by atoms with Gasteiger partial charge in [-0.2, -0.15) is 0 Å². The molecule has 0 aliphatic heterocycles. The molecule has 0 radical (unpaired) electrons. The van der Waals surface area contributed by atoms with E-state index in [-0.39, 0.29) is 23.8 Å². The highest BCUT2D eigenvalue weighted by Gasteiger charge is 2.17. The monoisotopic (exact) mass is 259 g/mol. The molecule has 19 heavy (non-hydrogen) atoms. The van der Waals surface area contributed by atoms with E-state index in [0.29, 0.717) is 0 Å². The van der Waals surface area contributed by atoms with E-state index in [0.717, 1.165) is 10.9 Å². The molecule has 0 spiro atoms. The Morgan fingerprint density at radius 3 is 2.63 bits per heavy atom. The van der Waals surface area contributed by atoms with Crippen molar-refractivity contribution < 1.29 is 9.53 Å². The Balaban J connectivity index is 2.77. The number of carbonyl (C=O) groups is 1. The Bertz CT molecular complexity index is 671. The molecule has 0 amide bonds. The van der Waals surface area contributed by atoms with Gasteiger partial charge in [0.05, 0.1) is 12.1 Å². The van der Waals surface area contributed by atoms with Crippen molar-refractivity contribution in [2.45, 2.75) is 26.8 Å². The van der Waals surface area contributed by atoms with Crippen LogP contribution in [0.4, 0.5) is 0 Å². The smallest absolute Gasteiger partial charge is 0.343 e. The van der Waals surface area contributed by atoms with E-state index < -0.39 is 5.97 Å². The van der Waals surface area contributed by atoms with E-state index in [9.17, 15) is 9.59 Å². The number of esters is 1. The number of carbonyl (C=O) groups excluding carboxylic acids is 1. The Morgan fingerprint density at radius 1 is 1.32 bits per heavy atom. The molecule has 4 heteroatoms. The molecule has 1 aromatic heterocycles. The Labute approximate surface area is 111 Å². The molecule has 1 aromatic carbocycles. The summed E-state index contributed by atoms with van der Waals surface area (Å²) in [5.41, 5.74) is 0.622. The number of para-hydroxylation sites is 1. The molecule has 0 saturated carbocycles. The lowest BCUT2D eigenvalue weighted by molar-refractivity contribution is 0.0523. The van der Waals surface area contributed by atoms with Crippen LogP contribution in [0.25, 0.3) is 10.9 Å². The zero-order valence-corrected chi connectivity index (χ0v) is 11.3. The minimum absolute atomic E-state index is 0.0215. The number of pyridine rings is 1. The first-order valence-corrected chi connectivity index (χ1v) is 6.37. The fourth-order valence-electron chi connectivity index (χ4n) is 2.15. The van der Waals surface area contributed by atoms with Crippen molar-refractivity contribution in [3.63, 3.8) is 0 Å². The summed E-state index contributed by atoms with van der Waals surface area (Å²) in [7, 11) is 0. The quantitative estimate of drug-likeness (QED) is 0.796. The normalized spacial score (nSPS) is 10.9. The maximum atomic E-state index is 12.4. The van der Waals surface area contributed by atoms with E-state index in [1.54, 1.807) is 17.6 Å². The van der Waals surface area contributed by atoms with Gasteiger partial charge in [0, 0.05) is 6.04 Å². The third-order valence-corrected chi connectivity index (χ3v) is 2.96. The number of hydrogen-bond donors (Lipinski definition) is 0. The molecule has 0 aliphatic carbocycles. The van der Waals surface area contributed by atoms with Crippen molar-refractivity contribution >= 4 is 16.9 Å². The Hall–Kier alpha value is -2.10. The molecule has 2 aromatic rings. The average Bonchev–Trinajstić information content (AvgIpc) is 2.37. The molecule has 0 unspecified atom stereocenters. The second-order valence-corrected chi connectivity index (χ2v) is 4.61. The summed E-state index contributed by atoms with van der Waals surface area (Å²) < 4.78 is 6.57. The molecule has 0 fully saturated rings. The van der Waals surface area contributed by atoms with E-state index in [2.05, 4.69) is 0 Å². The van der Waals surface area contributed by atoms with Crippen LogP contribution in [0.5, 0.6) is 0 Å². The molecule has 0 N–H and O–H groups in total. The van der Waals surface area contributed by atoms with Crippen LogP contribution < -0.4 is 5.56 Å². The van der Waals surface area contributed by atoms with Crippen molar-refractivity contribution in [3.8, 4) is 0 Å². The van der Waals surface area contributed by atoms with Crippen LogP contribution in [-0.2, 0) is 4.74 Å². The fourth-order valence-corrected chi connectivity index (χ4v) is 2.15. The lowest BCUT2D eigenvalue weighted by Gasteiger charge is -2.15. The van der Waals surface area contributed by atoms with Crippen LogP contribution in [0.3, 0.4) is 0 Å². The zero-order chi connectivity index (χ0) is 14.0. The Kier molecular flexibility index (Phi) is 3.69. The molecule has 1 heterocycles. The number of ether oxygens (including phenoxy) is 1. The summed E-state index contributed by atoms with van der Waals surface area (Å²) >= 11 is 0. The van der Waals surface area contributed by atoms with Gasteiger partial charge >= 0.3 is 5.97 Å². The van der Waals surface area contributed by atoms with Crippen molar-refractivity contribution in [1.82, 2.24) is 4.57 Å². The van der Waals surface area contributed by atoms with Crippen molar-refractivity contribution in [2.24, 2.45) is 0 Å². The maximum absolute atomic E-state index is 12.4. The van der Waals surface area contributed by atoms with Crippen LogP contribution in [0.1, 0.15) is 37.2 Å². The number of nitrogens with zero attached hydrogens (tertiary/aromatic N) is 1. The highest BCUT2D eigenvalue weighted by atomic mass is 16.5. The summed E-state index contributed by atoms with van der Waals surface area (Å²) in [5.74, 6) is -0.562. The molecule has 100 valence electrons. The summed E-state index contributed by atoms with van der Waals surface area (Å²) in [6.07, 6.45) is 0. The first-order chi connectivity index (χ1) is 9.06. The predicted molar refractivity (Wildman–Crippen MR) is 74.5 cm³/mol. The molecule has 0 saturated heterocycles. The lowest BCUT2D eigenvalue weighted by atomic mass is 10.1. The van der Waals surface area contributed by atoms with Gasteiger partial charge in [-0.15, -0.1) is 0 Å². The third-order valence-electron chi connectivity index (χ3n) is 2.96. The first-order valence-electron chi connectivity index (χ1n) is 6.37. The number of fused-ring (bicyclic) bond motifs is 1. The molecule has 0 bridgehead atoms. The maximum Gasteiger partial charge on any atom is 0.343 e. The van der Waals surface area contributed by atoms with Gasteiger partial charge in [0.1, 0.15) is 5.56 Å². The van der Waals surface area contributed by atoms with Crippen molar-refractivity contribution in [1.29, 1.82) is 0 Å². The molecule has 4 nitrogen and oxygen atoms in total. The molecule has 0 atom stereocenters. The topological polar surface area (TPSA) is 48.3 Å². The number of hydrogen-bond acceptors (Lipinski definition) is 3. The van der Waals surface area contributed by atoms with Gasteiger partial charge in [0.15, 0.2) is 0 Å². The third kappa shape index (κ3) is 2.38. The SMILES string of the molecule is CCOC(=O)c1cc2ccccc2n(C(C)C)c1=O. The molecular formula is C15H17NO3. The van der Waals surface area contributed by atoms with Gasteiger partial charge in [0.2, 0.25) is 0 Å². The van der Waals surface area contributed by atoms with Crippen LogP contribution in [0.15, 0.2) is 35.1 Å². The standard InChI is InChI=1S/C15H17NO3/c1-4-19-15(18)12-9-11-7-5-6-8-13(11)16(10(2)3)14(12)17/h5-10H,4H2,1-3H3. The summed E-state index contributed by atoms with van der Waals surface area (Å²) in [4.78, 5) is 24.3. The van der Waals surface area contributed by atoms with Gasteiger partial charge in [-0.1, -0.05) is 18.2 Å². The molecule has 2 rings (SSSR count). The van der Waals surface area contributed by atoms with Crippen LogP contribution in [-0.4, -0.2) is 17.1 Å². The predicted octanol–water partition coefficient (Wildman–Crippen LogP) is 2.76. The highest BCUT2D eigenvalue weighted by Crippen LogP contribution is 2.17. The van der Waals surface area contributed by atoms with Gasteiger partial charge in [-0.25, -0.2) is 4.79 Å². The van der Waals surface area contributed by atoms with Crippen LogP contribution in [0, 0.1) is 0 Å². The summed E-state index contributed by atoms with van der Waals surface area (Å²) in [6.45, 7) is 5.82. The number of rotatable bonds is 3. The lowest BCUT2D eigenvalue weighted by Crippen LogP contribution is -2.28. The molecule has 0 aliphatic rings. The van der Waals surface area contributed by atoms with E-state index in [1.807, 2.05) is 38.1 Å². The Morgan fingerprint density at radius 2 is 2.00 bits per heavy atom. The van der Waals surface area contributed by atoms with Gasteiger partial charge in [0.25, 0.3) is 5.56 Å². The van der Waals surface area contributed by atoms with Gasteiger partial charge < -0.3 is 9.30 Å². The average molecular weight is 259 g/mol. The van der Waals surface area contributed by atoms with Crippen molar-refractivity contribution in [3.05, 3.63) is 46.2 Å². The minimum Gasteiger partial charge on any atom is -0.462 e. The number of benzene rings is 1. The second-order valence-electron chi connectivity index (χ2n) is 4.61. The van der Waals surface area contributed by atoms with Gasteiger partial charge in [-0.05, 0) is 38.3 Å². The van der Waals surface area contributed by atoms with E-state index in [1.165, 1.54) is 0 Å². The largest absolute Gasteiger partial charge is 0.462 e. The highest BCUT2D eigenvalue weighted by molar-refractivity contribution is 5.93. The van der Waals surface area contributed by atoms with Crippen LogP contribution in [0.2, 0.25) is 0 Å². The van der Waals surface area contributed by atoms with Crippen LogP contribution >= 0.6 is 0 Å². The first kappa shape index (κ1) is 13.3. The molecular weight excluding hydrogens is 242 g/mol. The zero-order valence-electron chi connectivity index (χ0n) is 11.3. The second kappa shape index (κ2) is 5.26. The fraction of sp³-hybridized carbons (Fsp3) is 0.333. The summed E-state index contributed by atoms with van der Waals surface area (Å²) in [5, 5.41) is 0.860. The summed E-state index contributed by atoms with van der Waals surface area (Å²) in [6, 6.07) is 9.11. The number of aromatic nitrogens is 1.